The maximum absolute atomic E-state index is 12.0. The fraction of sp³-hybridized carbons (Fsp3) is 0.350. The van der Waals surface area contributed by atoms with Gasteiger partial charge >= 0.3 is 0 Å². The molecular formula is C20H23ClN2O3S. The van der Waals surface area contributed by atoms with E-state index < -0.39 is 0 Å². The van der Waals surface area contributed by atoms with Crippen LogP contribution < -0.4 is 14.8 Å². The third kappa shape index (κ3) is 5.17. The van der Waals surface area contributed by atoms with Crippen molar-refractivity contribution in [2.24, 2.45) is 0 Å². The largest absolute Gasteiger partial charge is 0.497 e. The standard InChI is InChI=1S/C20H23ClN2O3S/c1-25-14-11-17-16(18(12-14)26-2)10-13(23-17)4-3-9-22-20(24)8-6-15-5-7-19(21)27-15/h5,7,10-12,23H,3-4,6,8-9H2,1-2H3,(H,22,24). The first kappa shape index (κ1) is 19.6. The number of carbonyl (C=O) groups excluding carboxylic acids is 1. The Morgan fingerprint density at radius 1 is 1.19 bits per heavy atom. The van der Waals surface area contributed by atoms with Crippen molar-refractivity contribution in [2.75, 3.05) is 20.8 Å². The van der Waals surface area contributed by atoms with Gasteiger partial charge in [0.05, 0.1) is 24.1 Å². The lowest BCUT2D eigenvalue weighted by Gasteiger charge is -2.04. The molecule has 144 valence electrons. The second-order valence-corrected chi connectivity index (χ2v) is 8.04. The lowest BCUT2D eigenvalue weighted by molar-refractivity contribution is -0.121. The predicted octanol–water partition coefficient (Wildman–Crippen LogP) is 4.58. The van der Waals surface area contributed by atoms with Crippen LogP contribution in [0.25, 0.3) is 10.9 Å². The van der Waals surface area contributed by atoms with Gasteiger partial charge in [0.15, 0.2) is 0 Å². The maximum atomic E-state index is 12.0. The van der Waals surface area contributed by atoms with Crippen molar-refractivity contribution in [3.8, 4) is 11.5 Å². The molecule has 0 atom stereocenters. The van der Waals surface area contributed by atoms with Gasteiger partial charge in [0.25, 0.3) is 0 Å². The first-order valence-corrected chi connectivity index (χ1v) is 10.0. The molecule has 1 amide bonds. The third-order valence-corrected chi connectivity index (χ3v) is 5.65. The van der Waals surface area contributed by atoms with Crippen LogP contribution in [0, 0.1) is 0 Å². The highest BCUT2D eigenvalue weighted by Crippen LogP contribution is 2.31. The van der Waals surface area contributed by atoms with Crippen LogP contribution in [0.15, 0.2) is 30.3 Å². The van der Waals surface area contributed by atoms with Gasteiger partial charge in [0, 0.05) is 41.1 Å². The van der Waals surface area contributed by atoms with Crippen LogP contribution in [0.4, 0.5) is 0 Å². The number of ether oxygens (including phenoxy) is 2. The molecule has 0 fully saturated rings. The van der Waals surface area contributed by atoms with Crippen LogP contribution in [-0.2, 0) is 17.6 Å². The fourth-order valence-corrected chi connectivity index (χ4v) is 4.06. The number of fused-ring (bicyclic) bond motifs is 1. The topological polar surface area (TPSA) is 63.4 Å². The number of amides is 1. The quantitative estimate of drug-likeness (QED) is 0.511. The Hall–Kier alpha value is -2.18. The molecule has 0 spiro atoms. The molecule has 0 unspecified atom stereocenters. The molecule has 1 aromatic carbocycles. The van der Waals surface area contributed by atoms with Crippen molar-refractivity contribution >= 4 is 39.7 Å². The highest BCUT2D eigenvalue weighted by molar-refractivity contribution is 7.16. The highest BCUT2D eigenvalue weighted by atomic mass is 35.5. The predicted molar refractivity (Wildman–Crippen MR) is 110 cm³/mol. The van der Waals surface area contributed by atoms with Crippen LogP contribution in [0.3, 0.4) is 0 Å². The molecule has 0 saturated carbocycles. The lowest BCUT2D eigenvalue weighted by atomic mass is 10.2. The van der Waals surface area contributed by atoms with Gasteiger partial charge < -0.3 is 19.8 Å². The molecule has 0 aliphatic heterocycles. The van der Waals surface area contributed by atoms with Crippen molar-refractivity contribution in [2.45, 2.75) is 25.7 Å². The number of aromatic amines is 1. The van der Waals surface area contributed by atoms with E-state index in [-0.39, 0.29) is 5.91 Å². The average Bonchev–Trinajstić information content (AvgIpc) is 3.28. The number of nitrogens with one attached hydrogen (secondary N) is 2. The number of aryl methyl sites for hydroxylation is 2. The number of methoxy groups -OCH3 is 2. The minimum atomic E-state index is 0.0718. The number of rotatable bonds is 9. The van der Waals surface area contributed by atoms with E-state index in [9.17, 15) is 4.79 Å². The molecule has 5 nitrogen and oxygen atoms in total. The van der Waals surface area contributed by atoms with Crippen LogP contribution in [0.2, 0.25) is 4.34 Å². The Morgan fingerprint density at radius 2 is 2.04 bits per heavy atom. The zero-order chi connectivity index (χ0) is 19.2. The van der Waals surface area contributed by atoms with E-state index in [1.165, 1.54) is 11.3 Å². The smallest absolute Gasteiger partial charge is 0.220 e. The second-order valence-electron chi connectivity index (χ2n) is 6.24. The van der Waals surface area contributed by atoms with Gasteiger partial charge in [-0.3, -0.25) is 4.79 Å². The average molecular weight is 407 g/mol. The Kier molecular flexibility index (Phi) is 6.63. The summed E-state index contributed by atoms with van der Waals surface area (Å²) in [7, 11) is 3.29. The molecule has 0 aliphatic rings. The summed E-state index contributed by atoms with van der Waals surface area (Å²) in [6, 6.07) is 9.76. The maximum Gasteiger partial charge on any atom is 0.220 e. The first-order chi connectivity index (χ1) is 13.1. The Bertz CT molecular complexity index is 919. The van der Waals surface area contributed by atoms with Crippen molar-refractivity contribution in [3.63, 3.8) is 0 Å². The summed E-state index contributed by atoms with van der Waals surface area (Å²) in [6.07, 6.45) is 2.93. The lowest BCUT2D eigenvalue weighted by Crippen LogP contribution is -2.24. The number of aromatic nitrogens is 1. The van der Waals surface area contributed by atoms with E-state index >= 15 is 0 Å². The van der Waals surface area contributed by atoms with Gasteiger partial charge in [-0.2, -0.15) is 0 Å². The van der Waals surface area contributed by atoms with E-state index in [4.69, 9.17) is 21.1 Å². The monoisotopic (exact) mass is 406 g/mol. The van der Waals surface area contributed by atoms with Gasteiger partial charge in [-0.05, 0) is 37.5 Å². The molecule has 0 radical (unpaired) electrons. The van der Waals surface area contributed by atoms with Crippen LogP contribution in [0.1, 0.15) is 23.4 Å². The summed E-state index contributed by atoms with van der Waals surface area (Å²) in [4.78, 5) is 16.5. The van der Waals surface area contributed by atoms with E-state index in [0.29, 0.717) is 13.0 Å². The molecule has 2 aromatic heterocycles. The molecule has 7 heteroatoms. The summed E-state index contributed by atoms with van der Waals surface area (Å²) >= 11 is 7.43. The zero-order valence-corrected chi connectivity index (χ0v) is 17.0. The van der Waals surface area contributed by atoms with Crippen molar-refractivity contribution in [1.29, 1.82) is 0 Å². The number of carbonyl (C=O) groups is 1. The van der Waals surface area contributed by atoms with Crippen molar-refractivity contribution < 1.29 is 14.3 Å². The molecule has 0 aliphatic carbocycles. The van der Waals surface area contributed by atoms with Crippen molar-refractivity contribution in [3.05, 3.63) is 45.2 Å². The van der Waals surface area contributed by atoms with Gasteiger partial charge in [-0.15, -0.1) is 11.3 Å². The molecule has 0 saturated heterocycles. The minimum absolute atomic E-state index is 0.0718. The van der Waals surface area contributed by atoms with Gasteiger partial charge in [-0.1, -0.05) is 11.6 Å². The van der Waals surface area contributed by atoms with Gasteiger partial charge in [0.1, 0.15) is 11.5 Å². The number of H-pyrrole nitrogens is 1. The summed E-state index contributed by atoms with van der Waals surface area (Å²) in [5.41, 5.74) is 2.10. The molecule has 0 bridgehead atoms. The molecular weight excluding hydrogens is 384 g/mol. The minimum Gasteiger partial charge on any atom is -0.497 e. The van der Waals surface area contributed by atoms with Crippen molar-refractivity contribution in [1.82, 2.24) is 10.3 Å². The normalized spacial score (nSPS) is 10.9. The molecule has 27 heavy (non-hydrogen) atoms. The zero-order valence-electron chi connectivity index (χ0n) is 15.4. The first-order valence-electron chi connectivity index (χ1n) is 8.83. The van der Waals surface area contributed by atoms with Gasteiger partial charge in [0.2, 0.25) is 5.91 Å². The van der Waals surface area contributed by atoms with E-state index in [2.05, 4.69) is 16.4 Å². The number of hydrogen-bond acceptors (Lipinski definition) is 4. The number of benzene rings is 1. The Balaban J connectivity index is 1.46. The van der Waals surface area contributed by atoms with E-state index in [1.807, 2.05) is 24.3 Å². The van der Waals surface area contributed by atoms with E-state index in [1.54, 1.807) is 14.2 Å². The van der Waals surface area contributed by atoms with Gasteiger partial charge in [-0.25, -0.2) is 0 Å². The summed E-state index contributed by atoms with van der Waals surface area (Å²) in [5, 5.41) is 4.01. The highest BCUT2D eigenvalue weighted by Gasteiger charge is 2.09. The molecule has 2 N–H and O–H groups in total. The summed E-state index contributed by atoms with van der Waals surface area (Å²) < 4.78 is 11.5. The third-order valence-electron chi connectivity index (χ3n) is 4.36. The Labute approximate surface area is 167 Å². The fourth-order valence-electron chi connectivity index (χ4n) is 2.98. The van der Waals surface area contributed by atoms with Crippen LogP contribution in [0.5, 0.6) is 11.5 Å². The van der Waals surface area contributed by atoms with Crippen LogP contribution in [-0.4, -0.2) is 31.7 Å². The number of halogens is 1. The van der Waals surface area contributed by atoms with Crippen LogP contribution >= 0.6 is 22.9 Å². The molecule has 3 rings (SSSR count). The number of hydrogen-bond donors (Lipinski definition) is 2. The molecule has 2 heterocycles. The second kappa shape index (κ2) is 9.15. The van der Waals surface area contributed by atoms with E-state index in [0.717, 1.165) is 56.6 Å². The Morgan fingerprint density at radius 3 is 2.74 bits per heavy atom. The summed E-state index contributed by atoms with van der Waals surface area (Å²) in [5.74, 6) is 1.61. The SMILES string of the molecule is COc1cc(OC)c2cc(CCCNC(=O)CCc3ccc(Cl)s3)[nH]c2c1. The molecule has 3 aromatic rings. The summed E-state index contributed by atoms with van der Waals surface area (Å²) in [6.45, 7) is 0.653. The number of thiophene rings is 1.